The number of hydrogen-bond donors (Lipinski definition) is 2. The van der Waals surface area contributed by atoms with Crippen molar-refractivity contribution in [3.05, 3.63) is 35.5 Å². The lowest BCUT2D eigenvalue weighted by Gasteiger charge is -2.29. The average Bonchev–Trinajstić information content (AvgIpc) is 2.37. The third-order valence-corrected chi connectivity index (χ3v) is 2.97. The summed E-state index contributed by atoms with van der Waals surface area (Å²) in [6.45, 7) is 6.22. The summed E-state index contributed by atoms with van der Waals surface area (Å²) in [6, 6.07) is 5.32. The van der Waals surface area contributed by atoms with Gasteiger partial charge in [-0.25, -0.2) is 9.59 Å². The molecule has 0 bridgehead atoms. The van der Waals surface area contributed by atoms with Crippen LogP contribution >= 0.6 is 0 Å². The number of ether oxygens (including phenoxy) is 2. The van der Waals surface area contributed by atoms with Gasteiger partial charge in [0, 0.05) is 27.0 Å². The highest BCUT2D eigenvalue weighted by Gasteiger charge is 2.38. The molecule has 0 aliphatic carbocycles. The fourth-order valence-corrected chi connectivity index (χ4v) is 2.01. The number of benzene rings is 1. The van der Waals surface area contributed by atoms with Crippen molar-refractivity contribution in [1.29, 1.82) is 0 Å². The average molecular weight is 318 g/mol. The molecule has 23 heavy (non-hydrogen) atoms. The molecular formula is C16H18N2O5. The number of nitrogens with one attached hydrogen (secondary N) is 2. The monoisotopic (exact) mass is 318 g/mol. The summed E-state index contributed by atoms with van der Waals surface area (Å²) >= 11 is 0. The summed E-state index contributed by atoms with van der Waals surface area (Å²) in [6.07, 6.45) is 1.20. The first kappa shape index (κ1) is 16.5. The molecule has 2 rings (SSSR count). The van der Waals surface area contributed by atoms with E-state index >= 15 is 0 Å². The molecule has 0 radical (unpaired) electrons. The number of carbonyl (C=O) groups is 3. The lowest BCUT2D eigenvalue weighted by molar-refractivity contribution is -0.222. The van der Waals surface area contributed by atoms with Gasteiger partial charge in [-0.05, 0) is 24.6 Å². The van der Waals surface area contributed by atoms with E-state index in [1.165, 1.54) is 27.0 Å². The Morgan fingerprint density at radius 3 is 2.30 bits per heavy atom. The largest absolute Gasteiger partial charge is 0.419 e. The summed E-state index contributed by atoms with van der Waals surface area (Å²) < 4.78 is 10.00. The van der Waals surface area contributed by atoms with Gasteiger partial charge in [0.1, 0.15) is 0 Å². The fourth-order valence-electron chi connectivity index (χ4n) is 2.01. The van der Waals surface area contributed by atoms with Gasteiger partial charge < -0.3 is 20.1 Å². The number of carbonyl (C=O) groups excluding carboxylic acids is 3. The van der Waals surface area contributed by atoms with E-state index in [0.29, 0.717) is 11.4 Å². The Labute approximate surface area is 133 Å². The highest BCUT2D eigenvalue weighted by Crippen LogP contribution is 2.25. The van der Waals surface area contributed by atoms with Crippen LogP contribution in [0, 0.1) is 6.92 Å². The maximum absolute atomic E-state index is 11.9. The van der Waals surface area contributed by atoms with Gasteiger partial charge in [-0.1, -0.05) is 6.07 Å². The van der Waals surface area contributed by atoms with Crippen LogP contribution in [0.5, 0.6) is 0 Å². The lowest BCUT2D eigenvalue weighted by Crippen LogP contribution is -2.42. The zero-order valence-corrected chi connectivity index (χ0v) is 13.4. The Balaban J connectivity index is 2.24. The minimum atomic E-state index is -1.28. The van der Waals surface area contributed by atoms with Crippen LogP contribution in [0.15, 0.2) is 30.0 Å². The van der Waals surface area contributed by atoms with Crippen LogP contribution in [0.2, 0.25) is 0 Å². The van der Waals surface area contributed by atoms with Crippen molar-refractivity contribution < 1.29 is 23.9 Å². The van der Waals surface area contributed by atoms with Crippen molar-refractivity contribution in [3.8, 4) is 0 Å². The van der Waals surface area contributed by atoms with Crippen molar-refractivity contribution in [3.63, 3.8) is 0 Å². The number of anilines is 2. The molecule has 0 unspecified atom stereocenters. The van der Waals surface area contributed by atoms with Crippen LogP contribution < -0.4 is 10.6 Å². The van der Waals surface area contributed by atoms with Crippen molar-refractivity contribution in [1.82, 2.24) is 0 Å². The molecule has 2 N–H and O–H groups in total. The summed E-state index contributed by atoms with van der Waals surface area (Å²) in [5, 5.41) is 5.50. The molecule has 1 aromatic rings. The second kappa shape index (κ2) is 6.12. The zero-order chi connectivity index (χ0) is 17.2. The third kappa shape index (κ3) is 4.09. The molecule has 1 fully saturated rings. The van der Waals surface area contributed by atoms with E-state index in [2.05, 4.69) is 10.6 Å². The van der Waals surface area contributed by atoms with Gasteiger partial charge in [-0.2, -0.15) is 0 Å². The number of hydrogen-bond acceptors (Lipinski definition) is 6. The van der Waals surface area contributed by atoms with Gasteiger partial charge in [-0.3, -0.25) is 4.79 Å². The van der Waals surface area contributed by atoms with Crippen LogP contribution in [-0.4, -0.2) is 23.6 Å². The molecule has 0 spiro atoms. The highest BCUT2D eigenvalue weighted by atomic mass is 16.7. The number of esters is 2. The van der Waals surface area contributed by atoms with Crippen LogP contribution in [-0.2, 0) is 23.9 Å². The zero-order valence-electron chi connectivity index (χ0n) is 13.4. The Bertz CT molecular complexity index is 684. The summed E-state index contributed by atoms with van der Waals surface area (Å²) in [4.78, 5) is 35.0. The lowest BCUT2D eigenvalue weighted by atomic mass is 10.2. The van der Waals surface area contributed by atoms with E-state index in [-0.39, 0.29) is 11.5 Å². The normalized spacial score (nSPS) is 16.3. The van der Waals surface area contributed by atoms with Crippen molar-refractivity contribution >= 4 is 29.2 Å². The van der Waals surface area contributed by atoms with Gasteiger partial charge in [0.25, 0.3) is 5.79 Å². The predicted molar refractivity (Wildman–Crippen MR) is 83.5 cm³/mol. The van der Waals surface area contributed by atoms with Gasteiger partial charge in [0.2, 0.25) is 5.91 Å². The number of rotatable bonds is 3. The Kier molecular flexibility index (Phi) is 4.40. The third-order valence-electron chi connectivity index (χ3n) is 2.97. The standard InChI is InChI=1S/C16H18N2O5/c1-9-5-6-12(13(7-9)18-10(2)19)17-8-11-14(20)22-16(3,4)23-15(11)21/h5-8,17H,1-4H3,(H,18,19). The second-order valence-corrected chi connectivity index (χ2v) is 5.61. The van der Waals surface area contributed by atoms with Crippen LogP contribution in [0.1, 0.15) is 26.3 Å². The van der Waals surface area contributed by atoms with Crippen molar-refractivity contribution in [2.75, 3.05) is 10.6 Å². The molecule has 1 amide bonds. The quantitative estimate of drug-likeness (QED) is 0.503. The molecule has 1 saturated heterocycles. The van der Waals surface area contributed by atoms with E-state index in [4.69, 9.17) is 9.47 Å². The molecule has 1 aliphatic heterocycles. The van der Waals surface area contributed by atoms with E-state index in [1.54, 1.807) is 12.1 Å². The number of aryl methyl sites for hydroxylation is 1. The maximum Gasteiger partial charge on any atom is 0.350 e. The van der Waals surface area contributed by atoms with E-state index < -0.39 is 17.7 Å². The molecule has 122 valence electrons. The van der Waals surface area contributed by atoms with Gasteiger partial charge in [0.15, 0.2) is 5.57 Å². The highest BCUT2D eigenvalue weighted by molar-refractivity contribution is 6.15. The van der Waals surface area contributed by atoms with E-state index in [1.807, 2.05) is 13.0 Å². The van der Waals surface area contributed by atoms with Crippen LogP contribution in [0.3, 0.4) is 0 Å². The molecule has 0 atom stereocenters. The van der Waals surface area contributed by atoms with Gasteiger partial charge >= 0.3 is 11.9 Å². The van der Waals surface area contributed by atoms with Crippen LogP contribution in [0.4, 0.5) is 11.4 Å². The molecule has 1 heterocycles. The Hall–Kier alpha value is -2.83. The maximum atomic E-state index is 11.9. The number of amides is 1. The second-order valence-electron chi connectivity index (χ2n) is 5.61. The molecule has 1 aromatic carbocycles. The smallest absolute Gasteiger partial charge is 0.350 e. The molecular weight excluding hydrogens is 300 g/mol. The molecule has 1 aliphatic rings. The van der Waals surface area contributed by atoms with Gasteiger partial charge in [-0.15, -0.1) is 0 Å². The fraction of sp³-hybridized carbons (Fsp3) is 0.312. The topological polar surface area (TPSA) is 93.7 Å². The van der Waals surface area contributed by atoms with E-state index in [9.17, 15) is 14.4 Å². The first-order valence-electron chi connectivity index (χ1n) is 6.99. The number of cyclic esters (lactones) is 2. The first-order valence-corrected chi connectivity index (χ1v) is 6.99. The Morgan fingerprint density at radius 1 is 1.13 bits per heavy atom. The summed E-state index contributed by atoms with van der Waals surface area (Å²) in [5.74, 6) is -3.06. The Morgan fingerprint density at radius 2 is 1.74 bits per heavy atom. The van der Waals surface area contributed by atoms with Crippen molar-refractivity contribution in [2.24, 2.45) is 0 Å². The minimum absolute atomic E-state index is 0.232. The minimum Gasteiger partial charge on any atom is -0.419 e. The molecule has 7 heteroatoms. The molecule has 7 nitrogen and oxygen atoms in total. The first-order chi connectivity index (χ1) is 10.7. The van der Waals surface area contributed by atoms with Crippen LogP contribution in [0.25, 0.3) is 0 Å². The van der Waals surface area contributed by atoms with Gasteiger partial charge in [0.05, 0.1) is 11.4 Å². The summed E-state index contributed by atoms with van der Waals surface area (Å²) in [5.41, 5.74) is 1.76. The SMILES string of the molecule is CC(=O)Nc1cc(C)ccc1NC=C1C(=O)OC(C)(C)OC1=O. The van der Waals surface area contributed by atoms with E-state index in [0.717, 1.165) is 5.56 Å². The molecule has 0 aromatic heterocycles. The molecule has 0 saturated carbocycles. The van der Waals surface area contributed by atoms with Crippen molar-refractivity contribution in [2.45, 2.75) is 33.5 Å². The predicted octanol–water partition coefficient (Wildman–Crippen LogP) is 2.09. The summed E-state index contributed by atoms with van der Waals surface area (Å²) in [7, 11) is 0.